The molecule has 0 aliphatic heterocycles. The number of pyridine rings is 1. The van der Waals surface area contributed by atoms with Crippen LogP contribution in [0.15, 0.2) is 16.9 Å². The average Bonchev–Trinajstić information content (AvgIpc) is 2.33. The summed E-state index contributed by atoms with van der Waals surface area (Å²) < 4.78 is 7.03. The maximum atomic E-state index is 11.8. The Balaban J connectivity index is 2.47. The van der Waals surface area contributed by atoms with Crippen LogP contribution in [0.1, 0.15) is 24.7 Å². The highest BCUT2D eigenvalue weighted by Gasteiger charge is 2.06. The van der Waals surface area contributed by atoms with Gasteiger partial charge < -0.3 is 14.6 Å². The zero-order valence-corrected chi connectivity index (χ0v) is 11.9. The molecule has 5 heteroatoms. The lowest BCUT2D eigenvalue weighted by Gasteiger charge is -2.14. The van der Waals surface area contributed by atoms with Crippen molar-refractivity contribution >= 4 is 5.91 Å². The second-order valence-corrected chi connectivity index (χ2v) is 4.46. The summed E-state index contributed by atoms with van der Waals surface area (Å²) in [5.41, 5.74) is 1.58. The minimum atomic E-state index is -0.0497. The molecule has 1 aromatic rings. The summed E-state index contributed by atoms with van der Waals surface area (Å²) in [5, 5.41) is 2.84. The number of nitrogens with zero attached hydrogens (tertiary/aromatic N) is 1. The van der Waals surface area contributed by atoms with E-state index in [1.165, 1.54) is 12.1 Å². The minimum Gasteiger partial charge on any atom is -0.382 e. The van der Waals surface area contributed by atoms with Crippen LogP contribution in [0.4, 0.5) is 0 Å². The van der Waals surface area contributed by atoms with Crippen molar-refractivity contribution in [2.24, 2.45) is 0 Å². The van der Waals surface area contributed by atoms with Crippen molar-refractivity contribution in [2.75, 3.05) is 19.8 Å². The second-order valence-electron chi connectivity index (χ2n) is 4.46. The van der Waals surface area contributed by atoms with Gasteiger partial charge in [0.05, 0.1) is 0 Å². The molecule has 1 rings (SSSR count). The summed E-state index contributed by atoms with van der Waals surface area (Å²) in [6.45, 7) is 7.81. The standard InChI is InChI=1S/C14H22N2O3/c1-4-19-7-5-6-15-14(18)10-16-11(2)8-13(17)9-12(16)3/h8-9H,4-7,10H2,1-3H3,(H,15,18). The van der Waals surface area contributed by atoms with Gasteiger partial charge >= 0.3 is 0 Å². The van der Waals surface area contributed by atoms with Crippen LogP contribution in [0.3, 0.4) is 0 Å². The first-order valence-electron chi connectivity index (χ1n) is 6.57. The number of nitrogens with one attached hydrogen (secondary N) is 1. The van der Waals surface area contributed by atoms with Gasteiger partial charge in [-0.2, -0.15) is 0 Å². The quantitative estimate of drug-likeness (QED) is 0.749. The number of carbonyl (C=O) groups excluding carboxylic acids is 1. The number of amides is 1. The van der Waals surface area contributed by atoms with E-state index >= 15 is 0 Å². The van der Waals surface area contributed by atoms with Crippen molar-refractivity contribution < 1.29 is 9.53 Å². The van der Waals surface area contributed by atoms with E-state index < -0.39 is 0 Å². The molecule has 106 valence electrons. The zero-order chi connectivity index (χ0) is 14.3. The molecule has 0 radical (unpaired) electrons. The molecular formula is C14H22N2O3. The van der Waals surface area contributed by atoms with Crippen LogP contribution in [0.2, 0.25) is 0 Å². The van der Waals surface area contributed by atoms with E-state index in [-0.39, 0.29) is 17.9 Å². The molecule has 0 unspecified atom stereocenters. The monoisotopic (exact) mass is 266 g/mol. The van der Waals surface area contributed by atoms with Gasteiger partial charge in [0.25, 0.3) is 0 Å². The molecule has 1 heterocycles. The first-order valence-corrected chi connectivity index (χ1v) is 6.57. The zero-order valence-electron chi connectivity index (χ0n) is 11.9. The molecular weight excluding hydrogens is 244 g/mol. The van der Waals surface area contributed by atoms with Gasteiger partial charge in [-0.3, -0.25) is 9.59 Å². The van der Waals surface area contributed by atoms with Gasteiger partial charge in [-0.1, -0.05) is 0 Å². The lowest BCUT2D eigenvalue weighted by atomic mass is 10.3. The average molecular weight is 266 g/mol. The molecule has 1 amide bonds. The summed E-state index contributed by atoms with van der Waals surface area (Å²) in [7, 11) is 0. The van der Waals surface area contributed by atoms with E-state index in [1.807, 2.05) is 25.3 Å². The fourth-order valence-corrected chi connectivity index (χ4v) is 1.88. The molecule has 0 saturated heterocycles. The van der Waals surface area contributed by atoms with E-state index in [2.05, 4.69) is 5.32 Å². The SMILES string of the molecule is CCOCCCNC(=O)Cn1c(C)cc(=O)cc1C. The first-order chi connectivity index (χ1) is 9.04. The molecule has 0 aliphatic carbocycles. The highest BCUT2D eigenvalue weighted by molar-refractivity contribution is 5.75. The largest absolute Gasteiger partial charge is 0.382 e. The lowest BCUT2D eigenvalue weighted by molar-refractivity contribution is -0.121. The maximum absolute atomic E-state index is 11.8. The van der Waals surface area contributed by atoms with Crippen LogP contribution in [0.5, 0.6) is 0 Å². The van der Waals surface area contributed by atoms with E-state index in [4.69, 9.17) is 4.74 Å². The van der Waals surface area contributed by atoms with Crippen molar-refractivity contribution in [2.45, 2.75) is 33.7 Å². The van der Waals surface area contributed by atoms with Crippen molar-refractivity contribution in [3.63, 3.8) is 0 Å². The molecule has 0 spiro atoms. The molecule has 19 heavy (non-hydrogen) atoms. The Morgan fingerprint density at radius 2 is 1.95 bits per heavy atom. The van der Waals surface area contributed by atoms with Crippen LogP contribution in [0.25, 0.3) is 0 Å². The van der Waals surface area contributed by atoms with Gasteiger partial charge in [-0.05, 0) is 27.2 Å². The van der Waals surface area contributed by atoms with Gasteiger partial charge in [-0.25, -0.2) is 0 Å². The third kappa shape index (κ3) is 5.26. The van der Waals surface area contributed by atoms with E-state index in [9.17, 15) is 9.59 Å². The molecule has 0 bridgehead atoms. The van der Waals surface area contributed by atoms with Crippen molar-refractivity contribution in [1.29, 1.82) is 0 Å². The smallest absolute Gasteiger partial charge is 0.239 e. The number of aryl methyl sites for hydroxylation is 2. The third-order valence-corrected chi connectivity index (χ3v) is 2.85. The van der Waals surface area contributed by atoms with Crippen LogP contribution in [-0.4, -0.2) is 30.2 Å². The third-order valence-electron chi connectivity index (χ3n) is 2.85. The number of carbonyl (C=O) groups is 1. The predicted molar refractivity (Wildman–Crippen MR) is 74.3 cm³/mol. The van der Waals surface area contributed by atoms with Crippen molar-refractivity contribution in [1.82, 2.24) is 9.88 Å². The van der Waals surface area contributed by atoms with Crippen molar-refractivity contribution in [3.05, 3.63) is 33.7 Å². The summed E-state index contributed by atoms with van der Waals surface area (Å²) in [5.74, 6) is -0.0497. The highest BCUT2D eigenvalue weighted by atomic mass is 16.5. The predicted octanol–water partition coefficient (Wildman–Crippen LogP) is 1.01. The maximum Gasteiger partial charge on any atom is 0.239 e. The molecule has 5 nitrogen and oxygen atoms in total. The Morgan fingerprint density at radius 1 is 1.32 bits per heavy atom. The Hall–Kier alpha value is -1.62. The lowest BCUT2D eigenvalue weighted by Crippen LogP contribution is -2.30. The fraction of sp³-hybridized carbons (Fsp3) is 0.571. The molecule has 0 saturated carbocycles. The van der Waals surface area contributed by atoms with E-state index in [0.717, 1.165) is 17.8 Å². The van der Waals surface area contributed by atoms with Crippen LogP contribution in [0, 0.1) is 13.8 Å². The number of rotatable bonds is 7. The fourth-order valence-electron chi connectivity index (χ4n) is 1.88. The molecule has 0 aromatic carbocycles. The summed E-state index contributed by atoms with van der Waals surface area (Å²) in [4.78, 5) is 23.1. The number of hydrogen-bond acceptors (Lipinski definition) is 3. The van der Waals surface area contributed by atoms with Crippen LogP contribution >= 0.6 is 0 Å². The Morgan fingerprint density at radius 3 is 2.53 bits per heavy atom. The van der Waals surface area contributed by atoms with Crippen LogP contribution < -0.4 is 10.7 Å². The van der Waals surface area contributed by atoms with Gasteiger partial charge in [0.15, 0.2) is 5.43 Å². The number of aromatic nitrogens is 1. The first kappa shape index (κ1) is 15.4. The number of hydrogen-bond donors (Lipinski definition) is 1. The normalized spacial score (nSPS) is 10.5. The minimum absolute atomic E-state index is 0.0247. The molecule has 0 fully saturated rings. The molecule has 0 atom stereocenters. The van der Waals surface area contributed by atoms with Gasteiger partial charge in [0, 0.05) is 43.3 Å². The Bertz CT molecular complexity index is 454. The van der Waals surface area contributed by atoms with Gasteiger partial charge in [-0.15, -0.1) is 0 Å². The summed E-state index contributed by atoms with van der Waals surface area (Å²) >= 11 is 0. The Kier molecular flexibility index (Phi) is 6.29. The van der Waals surface area contributed by atoms with Crippen molar-refractivity contribution in [3.8, 4) is 0 Å². The highest BCUT2D eigenvalue weighted by Crippen LogP contribution is 2.01. The molecule has 1 aromatic heterocycles. The van der Waals surface area contributed by atoms with Gasteiger partial charge in [0.1, 0.15) is 6.54 Å². The molecule has 1 N–H and O–H groups in total. The van der Waals surface area contributed by atoms with E-state index in [1.54, 1.807) is 0 Å². The Labute approximate surface area is 113 Å². The van der Waals surface area contributed by atoms with Gasteiger partial charge in [0.2, 0.25) is 5.91 Å². The summed E-state index contributed by atoms with van der Waals surface area (Å²) in [6, 6.07) is 3.07. The topological polar surface area (TPSA) is 60.3 Å². The molecule has 0 aliphatic rings. The summed E-state index contributed by atoms with van der Waals surface area (Å²) in [6.07, 6.45) is 0.807. The van der Waals surface area contributed by atoms with Crippen LogP contribution in [-0.2, 0) is 16.1 Å². The van der Waals surface area contributed by atoms with E-state index in [0.29, 0.717) is 19.8 Å². The number of ether oxygens (including phenoxy) is 1. The second kappa shape index (κ2) is 7.74.